The number of hydrogen-bond donors (Lipinski definition) is 0. The van der Waals surface area contributed by atoms with Crippen LogP contribution < -0.4 is 9.47 Å². The van der Waals surface area contributed by atoms with Crippen LogP contribution in [0.2, 0.25) is 0 Å². The molecule has 0 saturated heterocycles. The lowest BCUT2D eigenvalue weighted by atomic mass is 10.2. The van der Waals surface area contributed by atoms with Crippen LogP contribution in [-0.4, -0.2) is 26.2 Å². The zero-order valence-corrected chi connectivity index (χ0v) is 24.3. The Labute approximate surface area is 228 Å². The number of ether oxygens (including phenoxy) is 2. The number of halogens is 2. The summed E-state index contributed by atoms with van der Waals surface area (Å²) in [6, 6.07) is 9.37. The molecule has 3 heterocycles. The van der Waals surface area contributed by atoms with E-state index in [4.69, 9.17) is 9.47 Å². The number of nitrogens with zero attached hydrogens (tertiary/aromatic N) is 3. The third kappa shape index (κ3) is 9.11. The van der Waals surface area contributed by atoms with Gasteiger partial charge in [-0.25, -0.2) is 9.97 Å². The second-order valence-electron chi connectivity index (χ2n) is 9.41. The van der Waals surface area contributed by atoms with Crippen LogP contribution in [-0.2, 0) is 0 Å². The summed E-state index contributed by atoms with van der Waals surface area (Å²) < 4.78 is 13.5. The molecule has 0 aliphatic heterocycles. The molecule has 7 heteroatoms. The molecule has 3 aromatic rings. The molecule has 0 amide bonds. The molecule has 0 aromatic carbocycles. The van der Waals surface area contributed by atoms with E-state index in [9.17, 15) is 0 Å². The largest absolute Gasteiger partial charge is 0.488 e. The molecular weight excluding hydrogens is 652 g/mol. The van der Waals surface area contributed by atoms with Gasteiger partial charge in [-0.1, -0.05) is 11.8 Å². The Balaban J connectivity index is 1.83. The predicted octanol–water partition coefficient (Wildman–Crippen LogP) is 6.24. The van der Waals surface area contributed by atoms with Gasteiger partial charge in [0.1, 0.15) is 41.5 Å². The van der Waals surface area contributed by atoms with E-state index >= 15 is 0 Å². The highest BCUT2D eigenvalue weighted by molar-refractivity contribution is 14.1. The standard InChI is InChI=1S/C27H25I2N3O2/c1-26(2,3)33-22-12-20(31-24(28)14-22)9-7-18-11-19(17-30-16-18)8-10-21-13-23(15-25(29)32-21)34-27(4,5)6/h11-17H,1-6H3. The maximum absolute atomic E-state index is 5.95. The average molecular weight is 677 g/mol. The first-order chi connectivity index (χ1) is 15.8. The zero-order chi connectivity index (χ0) is 24.9. The molecule has 34 heavy (non-hydrogen) atoms. The van der Waals surface area contributed by atoms with Crippen molar-refractivity contribution in [1.82, 2.24) is 15.0 Å². The maximum Gasteiger partial charge on any atom is 0.125 e. The van der Waals surface area contributed by atoms with Gasteiger partial charge in [-0.15, -0.1) is 0 Å². The summed E-state index contributed by atoms with van der Waals surface area (Å²) in [7, 11) is 0. The first kappa shape index (κ1) is 26.2. The highest BCUT2D eigenvalue weighted by Crippen LogP contribution is 2.22. The molecule has 0 radical (unpaired) electrons. The Morgan fingerprint density at radius 3 is 1.41 bits per heavy atom. The quantitative estimate of drug-likeness (QED) is 0.183. The fraction of sp³-hybridized carbons (Fsp3) is 0.296. The van der Waals surface area contributed by atoms with E-state index in [2.05, 4.69) is 83.8 Å². The lowest BCUT2D eigenvalue weighted by Crippen LogP contribution is -2.23. The molecule has 0 saturated carbocycles. The van der Waals surface area contributed by atoms with Crippen molar-refractivity contribution >= 4 is 45.2 Å². The maximum atomic E-state index is 5.95. The number of aromatic nitrogens is 3. The van der Waals surface area contributed by atoms with Crippen molar-refractivity contribution < 1.29 is 9.47 Å². The summed E-state index contributed by atoms with van der Waals surface area (Å²) in [5.41, 5.74) is 2.18. The number of rotatable bonds is 2. The van der Waals surface area contributed by atoms with Gasteiger partial charge in [-0.2, -0.15) is 0 Å². The second kappa shape index (κ2) is 10.9. The van der Waals surface area contributed by atoms with Crippen LogP contribution in [0.5, 0.6) is 11.5 Å². The van der Waals surface area contributed by atoms with Crippen LogP contribution in [0.1, 0.15) is 64.1 Å². The Morgan fingerprint density at radius 1 is 0.618 bits per heavy atom. The topological polar surface area (TPSA) is 57.1 Å². The van der Waals surface area contributed by atoms with Crippen LogP contribution in [0.4, 0.5) is 0 Å². The third-order valence-electron chi connectivity index (χ3n) is 3.79. The van der Waals surface area contributed by atoms with E-state index in [0.29, 0.717) is 11.4 Å². The number of pyridine rings is 3. The first-order valence-corrected chi connectivity index (χ1v) is 12.7. The highest BCUT2D eigenvalue weighted by atomic mass is 127. The van der Waals surface area contributed by atoms with E-state index in [1.165, 1.54) is 0 Å². The fourth-order valence-electron chi connectivity index (χ4n) is 2.75. The zero-order valence-electron chi connectivity index (χ0n) is 20.0. The normalized spacial score (nSPS) is 11.1. The molecule has 0 spiro atoms. The second-order valence-corrected chi connectivity index (χ2v) is 11.6. The van der Waals surface area contributed by atoms with Crippen molar-refractivity contribution in [2.24, 2.45) is 0 Å². The Hall–Kier alpha value is -2.37. The fourth-order valence-corrected chi connectivity index (χ4v) is 3.88. The first-order valence-electron chi connectivity index (χ1n) is 10.6. The Morgan fingerprint density at radius 2 is 1.03 bits per heavy atom. The molecule has 5 nitrogen and oxygen atoms in total. The van der Waals surface area contributed by atoms with Gasteiger partial charge >= 0.3 is 0 Å². The minimum absolute atomic E-state index is 0.294. The van der Waals surface area contributed by atoms with E-state index in [1.807, 2.05) is 71.9 Å². The molecule has 0 bridgehead atoms. The van der Waals surface area contributed by atoms with Gasteiger partial charge in [0, 0.05) is 47.8 Å². The monoisotopic (exact) mass is 677 g/mol. The summed E-state index contributed by atoms with van der Waals surface area (Å²) >= 11 is 4.33. The van der Waals surface area contributed by atoms with Gasteiger partial charge in [-0.3, -0.25) is 4.98 Å². The Kier molecular flexibility index (Phi) is 8.43. The smallest absolute Gasteiger partial charge is 0.125 e. The third-order valence-corrected chi connectivity index (χ3v) is 4.90. The van der Waals surface area contributed by atoms with Gasteiger partial charge in [-0.05, 0) is 105 Å². The van der Waals surface area contributed by atoms with Crippen LogP contribution in [0.25, 0.3) is 0 Å². The van der Waals surface area contributed by atoms with Crippen molar-refractivity contribution in [3.63, 3.8) is 0 Å². The number of hydrogen-bond acceptors (Lipinski definition) is 5. The molecule has 174 valence electrons. The van der Waals surface area contributed by atoms with Crippen molar-refractivity contribution in [2.75, 3.05) is 0 Å². The van der Waals surface area contributed by atoms with Gasteiger partial charge in [0.15, 0.2) is 0 Å². The van der Waals surface area contributed by atoms with E-state index in [-0.39, 0.29) is 11.2 Å². The molecule has 0 unspecified atom stereocenters. The summed E-state index contributed by atoms with van der Waals surface area (Å²) in [6.45, 7) is 12.0. The SMILES string of the molecule is CC(C)(C)Oc1cc(I)nc(C#Cc2cncc(C#Cc3cc(OC(C)(C)C)cc(I)n3)c2)c1. The molecular formula is C27H25I2N3O2. The van der Waals surface area contributed by atoms with E-state index in [1.54, 1.807) is 12.4 Å². The van der Waals surface area contributed by atoms with Crippen LogP contribution >= 0.6 is 45.2 Å². The van der Waals surface area contributed by atoms with Crippen molar-refractivity contribution in [3.05, 3.63) is 72.6 Å². The van der Waals surface area contributed by atoms with Gasteiger partial charge in [0.25, 0.3) is 0 Å². The van der Waals surface area contributed by atoms with Crippen molar-refractivity contribution in [2.45, 2.75) is 52.7 Å². The van der Waals surface area contributed by atoms with E-state index in [0.717, 1.165) is 30.0 Å². The molecule has 0 fully saturated rings. The van der Waals surface area contributed by atoms with Gasteiger partial charge in [0.2, 0.25) is 0 Å². The molecule has 0 N–H and O–H groups in total. The minimum atomic E-state index is -0.294. The lowest BCUT2D eigenvalue weighted by molar-refractivity contribution is 0.130. The lowest BCUT2D eigenvalue weighted by Gasteiger charge is -2.21. The molecule has 3 rings (SSSR count). The average Bonchev–Trinajstić information content (AvgIpc) is 2.68. The van der Waals surface area contributed by atoms with Gasteiger partial charge in [0.05, 0.1) is 0 Å². The van der Waals surface area contributed by atoms with Crippen molar-refractivity contribution in [3.8, 4) is 35.2 Å². The molecule has 0 atom stereocenters. The summed E-state index contributed by atoms with van der Waals surface area (Å²) in [5, 5.41) is 0. The Bertz CT molecular complexity index is 1220. The summed E-state index contributed by atoms with van der Waals surface area (Å²) in [4.78, 5) is 13.2. The minimum Gasteiger partial charge on any atom is -0.488 e. The summed E-state index contributed by atoms with van der Waals surface area (Å²) in [6.07, 6.45) is 3.41. The summed E-state index contributed by atoms with van der Waals surface area (Å²) in [5.74, 6) is 13.9. The van der Waals surface area contributed by atoms with Gasteiger partial charge < -0.3 is 9.47 Å². The molecule has 3 aromatic heterocycles. The van der Waals surface area contributed by atoms with Crippen LogP contribution in [0.3, 0.4) is 0 Å². The predicted molar refractivity (Wildman–Crippen MR) is 151 cm³/mol. The van der Waals surface area contributed by atoms with Crippen molar-refractivity contribution in [1.29, 1.82) is 0 Å². The van der Waals surface area contributed by atoms with Crippen LogP contribution in [0.15, 0.2) is 42.7 Å². The van der Waals surface area contributed by atoms with E-state index < -0.39 is 0 Å². The molecule has 0 aliphatic carbocycles. The van der Waals surface area contributed by atoms with Crippen LogP contribution in [0, 0.1) is 31.1 Å². The highest BCUT2D eigenvalue weighted by Gasteiger charge is 2.14. The molecule has 0 aliphatic rings.